The number of anilines is 1. The number of nitrogens with zero attached hydrogens (tertiary/aromatic N) is 2. The Hall–Kier alpha value is -1.70. The lowest BCUT2D eigenvalue weighted by molar-refractivity contribution is -0.159. The van der Waals surface area contributed by atoms with Crippen LogP contribution in [-0.2, 0) is 9.53 Å². The molecule has 1 amide bonds. The van der Waals surface area contributed by atoms with Crippen LogP contribution in [0.25, 0.3) is 0 Å². The first kappa shape index (κ1) is 19.1. The van der Waals surface area contributed by atoms with Crippen LogP contribution in [0, 0.1) is 5.82 Å². The first-order valence-electron chi connectivity index (χ1n) is 9.16. The lowest BCUT2D eigenvalue weighted by Gasteiger charge is -2.45. The number of rotatable bonds is 4. The molecule has 144 valence electrons. The third kappa shape index (κ3) is 4.00. The fourth-order valence-electron chi connectivity index (χ4n) is 3.93. The molecule has 7 heteroatoms. The van der Waals surface area contributed by atoms with Crippen molar-refractivity contribution in [1.29, 1.82) is 0 Å². The Kier molecular flexibility index (Phi) is 5.50. The molecule has 0 bridgehead atoms. The van der Waals surface area contributed by atoms with Crippen LogP contribution in [-0.4, -0.2) is 73.5 Å². The van der Waals surface area contributed by atoms with Gasteiger partial charge in [-0.05, 0) is 31.9 Å². The van der Waals surface area contributed by atoms with Crippen molar-refractivity contribution >= 4 is 11.6 Å². The highest BCUT2D eigenvalue weighted by atomic mass is 19.1. The van der Waals surface area contributed by atoms with Crippen molar-refractivity contribution in [3.8, 4) is 0 Å². The summed E-state index contributed by atoms with van der Waals surface area (Å²) in [5.41, 5.74) is -1.13. The summed E-state index contributed by atoms with van der Waals surface area (Å²) < 4.78 is 19.6. The second-order valence-corrected chi connectivity index (χ2v) is 7.53. The number of aliphatic hydroxyl groups is 1. The number of nitrogens with one attached hydrogen (secondary N) is 1. The summed E-state index contributed by atoms with van der Waals surface area (Å²) in [5.74, 6) is -0.379. The summed E-state index contributed by atoms with van der Waals surface area (Å²) in [5, 5.41) is 13.7. The van der Waals surface area contributed by atoms with Gasteiger partial charge in [-0.15, -0.1) is 0 Å². The molecule has 0 saturated carbocycles. The predicted octanol–water partition coefficient (Wildman–Crippen LogP) is 0.994. The first-order valence-corrected chi connectivity index (χ1v) is 9.16. The largest absolute Gasteiger partial charge is 0.388 e. The zero-order valence-electron chi connectivity index (χ0n) is 15.5. The average molecular weight is 365 g/mol. The molecule has 0 unspecified atom stereocenters. The molecule has 0 aromatic heterocycles. The standard InChI is InChI=1S/C19H28FN3O3/c1-18(17(24)21-2)13-22(11-12-26-18)14-19(25)7-9-23(10-8-19)16-6-4-3-5-15(16)20/h3-6,25H,7-14H2,1-2H3,(H,21,24)/t18-/m1/s1. The highest BCUT2D eigenvalue weighted by molar-refractivity contribution is 5.84. The monoisotopic (exact) mass is 365 g/mol. The molecule has 0 radical (unpaired) electrons. The van der Waals surface area contributed by atoms with Crippen LogP contribution in [0.4, 0.5) is 10.1 Å². The quantitative estimate of drug-likeness (QED) is 0.833. The zero-order chi connectivity index (χ0) is 18.8. The van der Waals surface area contributed by atoms with Gasteiger partial charge >= 0.3 is 0 Å². The van der Waals surface area contributed by atoms with Gasteiger partial charge in [0.2, 0.25) is 0 Å². The molecule has 1 aromatic rings. The smallest absolute Gasteiger partial charge is 0.253 e. The number of β-amino-alcohol motifs (C(OH)–C–C–N with tert-alkyl or cyclic N) is 1. The van der Waals surface area contributed by atoms with Gasteiger partial charge in [0.25, 0.3) is 5.91 Å². The SMILES string of the molecule is CNC(=O)[C@@]1(C)CN(CC2(O)CCN(c3ccccc3F)CC2)CCO1. The normalized spacial score (nSPS) is 26.5. The number of piperidine rings is 1. The van der Waals surface area contributed by atoms with Crippen molar-refractivity contribution in [2.45, 2.75) is 31.0 Å². The number of para-hydroxylation sites is 1. The van der Waals surface area contributed by atoms with E-state index in [1.165, 1.54) is 6.07 Å². The summed E-state index contributed by atoms with van der Waals surface area (Å²) in [4.78, 5) is 16.1. The number of amides is 1. The van der Waals surface area contributed by atoms with E-state index in [0.717, 1.165) is 0 Å². The molecule has 2 saturated heterocycles. The molecule has 1 atom stereocenters. The van der Waals surface area contributed by atoms with E-state index in [-0.39, 0.29) is 11.7 Å². The highest BCUT2D eigenvalue weighted by Gasteiger charge is 2.42. The fourth-order valence-corrected chi connectivity index (χ4v) is 3.93. The van der Waals surface area contributed by atoms with Gasteiger partial charge < -0.3 is 20.1 Å². The molecule has 2 fully saturated rings. The maximum absolute atomic E-state index is 14.0. The summed E-state index contributed by atoms with van der Waals surface area (Å²) in [7, 11) is 1.60. The molecule has 2 aliphatic rings. The Labute approximate surface area is 153 Å². The van der Waals surface area contributed by atoms with E-state index < -0.39 is 11.2 Å². The molecule has 2 heterocycles. The van der Waals surface area contributed by atoms with E-state index >= 15 is 0 Å². The predicted molar refractivity (Wildman–Crippen MR) is 97.7 cm³/mol. The number of benzene rings is 1. The van der Waals surface area contributed by atoms with Crippen LogP contribution in [0.15, 0.2) is 24.3 Å². The van der Waals surface area contributed by atoms with Crippen molar-refractivity contribution in [3.63, 3.8) is 0 Å². The van der Waals surface area contributed by atoms with Crippen molar-refractivity contribution in [3.05, 3.63) is 30.1 Å². The van der Waals surface area contributed by atoms with Gasteiger partial charge in [0.05, 0.1) is 17.9 Å². The minimum absolute atomic E-state index is 0.149. The number of likely N-dealkylation sites (N-methyl/N-ethyl adjacent to an activating group) is 1. The fraction of sp³-hybridized carbons (Fsp3) is 0.632. The van der Waals surface area contributed by atoms with Gasteiger partial charge in [-0.25, -0.2) is 4.39 Å². The Bertz CT molecular complexity index is 649. The molecule has 0 aliphatic carbocycles. The third-order valence-corrected chi connectivity index (χ3v) is 5.47. The van der Waals surface area contributed by atoms with Crippen molar-refractivity contribution in [2.75, 3.05) is 51.3 Å². The van der Waals surface area contributed by atoms with Gasteiger partial charge in [-0.2, -0.15) is 0 Å². The topological polar surface area (TPSA) is 65.0 Å². The number of morpholine rings is 1. The number of carbonyl (C=O) groups excluding carboxylic acids is 1. The summed E-state index contributed by atoms with van der Waals surface area (Å²) in [6, 6.07) is 6.74. The molecule has 6 nitrogen and oxygen atoms in total. The molecule has 1 aromatic carbocycles. The summed E-state index contributed by atoms with van der Waals surface area (Å²) in [6.45, 7) is 5.08. The summed E-state index contributed by atoms with van der Waals surface area (Å²) >= 11 is 0. The van der Waals surface area contributed by atoms with Gasteiger partial charge in [0.1, 0.15) is 5.82 Å². The van der Waals surface area contributed by atoms with E-state index in [0.29, 0.717) is 57.9 Å². The molecular formula is C19H28FN3O3. The van der Waals surface area contributed by atoms with Crippen LogP contribution in [0.1, 0.15) is 19.8 Å². The van der Waals surface area contributed by atoms with Gasteiger partial charge in [0, 0.05) is 39.8 Å². The molecule has 2 aliphatic heterocycles. The van der Waals surface area contributed by atoms with Crippen molar-refractivity contribution in [2.24, 2.45) is 0 Å². The number of carbonyl (C=O) groups is 1. The van der Waals surface area contributed by atoms with Crippen molar-refractivity contribution < 1.29 is 19.0 Å². The number of ether oxygens (including phenoxy) is 1. The van der Waals surface area contributed by atoms with E-state index in [1.807, 2.05) is 11.0 Å². The first-order chi connectivity index (χ1) is 12.4. The Morgan fingerprint density at radius 3 is 2.65 bits per heavy atom. The van der Waals surface area contributed by atoms with E-state index in [4.69, 9.17) is 4.74 Å². The number of halogens is 1. The van der Waals surface area contributed by atoms with Gasteiger partial charge in [-0.3, -0.25) is 9.69 Å². The number of hydrogen-bond acceptors (Lipinski definition) is 5. The molecule has 0 spiro atoms. The maximum Gasteiger partial charge on any atom is 0.253 e. The Balaban J connectivity index is 1.59. The second-order valence-electron chi connectivity index (χ2n) is 7.53. The maximum atomic E-state index is 14.0. The van der Waals surface area contributed by atoms with Gasteiger partial charge in [0.15, 0.2) is 5.60 Å². The Morgan fingerprint density at radius 2 is 2.00 bits per heavy atom. The minimum Gasteiger partial charge on any atom is -0.388 e. The molecule has 3 rings (SSSR count). The summed E-state index contributed by atoms with van der Waals surface area (Å²) in [6.07, 6.45) is 1.13. The van der Waals surface area contributed by atoms with E-state index in [9.17, 15) is 14.3 Å². The molecule has 2 N–H and O–H groups in total. The number of hydrogen-bond donors (Lipinski definition) is 2. The van der Waals surface area contributed by atoms with Crippen molar-refractivity contribution in [1.82, 2.24) is 10.2 Å². The average Bonchev–Trinajstić information content (AvgIpc) is 2.62. The Morgan fingerprint density at radius 1 is 1.31 bits per heavy atom. The van der Waals surface area contributed by atoms with Crippen LogP contribution in [0.2, 0.25) is 0 Å². The van der Waals surface area contributed by atoms with Crippen LogP contribution in [0.3, 0.4) is 0 Å². The molecule has 26 heavy (non-hydrogen) atoms. The van der Waals surface area contributed by atoms with E-state index in [2.05, 4.69) is 10.2 Å². The van der Waals surface area contributed by atoms with Crippen LogP contribution in [0.5, 0.6) is 0 Å². The zero-order valence-corrected chi connectivity index (χ0v) is 15.5. The minimum atomic E-state index is -0.892. The second kappa shape index (κ2) is 7.50. The molecular weight excluding hydrogens is 337 g/mol. The lowest BCUT2D eigenvalue weighted by Crippen LogP contribution is -2.61. The lowest BCUT2D eigenvalue weighted by atomic mass is 9.89. The van der Waals surface area contributed by atoms with Crippen LogP contribution >= 0.6 is 0 Å². The van der Waals surface area contributed by atoms with E-state index in [1.54, 1.807) is 26.1 Å². The van der Waals surface area contributed by atoms with Crippen LogP contribution < -0.4 is 10.2 Å². The van der Waals surface area contributed by atoms with Gasteiger partial charge in [-0.1, -0.05) is 12.1 Å². The highest BCUT2D eigenvalue weighted by Crippen LogP contribution is 2.30. The third-order valence-electron chi connectivity index (χ3n) is 5.47.